The smallest absolute Gasteiger partial charge is 0.354 e. The molecule has 5 nitrogen and oxygen atoms in total. The fourth-order valence-corrected chi connectivity index (χ4v) is 2.39. The van der Waals surface area contributed by atoms with Crippen LogP contribution in [0.3, 0.4) is 0 Å². The molecule has 5 heteroatoms. The zero-order valence-electron chi connectivity index (χ0n) is 10.2. The number of carboxylic acid groups (broad SMARTS) is 1. The fourth-order valence-electron chi connectivity index (χ4n) is 2.39. The van der Waals surface area contributed by atoms with Crippen molar-refractivity contribution in [2.45, 2.75) is 18.9 Å². The number of benzene rings is 1. The number of carbonyl (C=O) groups is 1. The van der Waals surface area contributed by atoms with Crippen molar-refractivity contribution in [1.82, 2.24) is 9.97 Å². The lowest BCUT2D eigenvalue weighted by Gasteiger charge is -2.11. The highest BCUT2D eigenvalue weighted by Gasteiger charge is 2.21. The minimum atomic E-state index is -1.04. The molecular weight excluding hydrogens is 242 g/mol. The van der Waals surface area contributed by atoms with Gasteiger partial charge in [-0.15, -0.1) is 0 Å². The number of nitrogens with one attached hydrogen (secondary N) is 1. The van der Waals surface area contributed by atoms with Gasteiger partial charge in [-0.1, -0.05) is 24.3 Å². The van der Waals surface area contributed by atoms with Crippen LogP contribution < -0.4 is 5.32 Å². The number of hydrogen-bond acceptors (Lipinski definition) is 4. The van der Waals surface area contributed by atoms with E-state index < -0.39 is 5.97 Å². The minimum absolute atomic E-state index is 0.00742. The van der Waals surface area contributed by atoms with Crippen LogP contribution in [0.25, 0.3) is 0 Å². The van der Waals surface area contributed by atoms with E-state index in [1.54, 1.807) is 0 Å². The van der Waals surface area contributed by atoms with Gasteiger partial charge in [-0.3, -0.25) is 0 Å². The standard InChI is InChI=1S/C14H13N3O2/c18-13(19)12-5-6-15-14(17-12)16-11-7-9-3-1-2-4-10(9)8-11/h1-6,11H,7-8H2,(H,18,19)(H,15,16,17). The lowest BCUT2D eigenvalue weighted by molar-refractivity contribution is 0.0690. The molecule has 0 amide bonds. The van der Waals surface area contributed by atoms with Crippen LogP contribution in [0.5, 0.6) is 0 Å². The zero-order valence-corrected chi connectivity index (χ0v) is 10.2. The lowest BCUT2D eigenvalue weighted by atomic mass is 10.1. The molecule has 0 fully saturated rings. The maximum atomic E-state index is 10.9. The maximum Gasteiger partial charge on any atom is 0.354 e. The van der Waals surface area contributed by atoms with E-state index in [4.69, 9.17) is 5.11 Å². The molecule has 2 N–H and O–H groups in total. The first-order valence-corrected chi connectivity index (χ1v) is 6.12. The van der Waals surface area contributed by atoms with Crippen LogP contribution in [0.4, 0.5) is 5.95 Å². The van der Waals surface area contributed by atoms with Crippen molar-refractivity contribution in [3.05, 3.63) is 53.3 Å². The quantitative estimate of drug-likeness (QED) is 0.874. The summed E-state index contributed by atoms with van der Waals surface area (Å²) in [4.78, 5) is 18.9. The van der Waals surface area contributed by atoms with Crippen LogP contribution in [0.2, 0.25) is 0 Å². The predicted octanol–water partition coefficient (Wildman–Crippen LogP) is 1.75. The first-order chi connectivity index (χ1) is 9.22. The first kappa shape index (κ1) is 11.6. The second-order valence-electron chi connectivity index (χ2n) is 4.59. The number of nitrogens with zero attached hydrogens (tertiary/aromatic N) is 2. The van der Waals surface area contributed by atoms with Gasteiger partial charge in [0.1, 0.15) is 0 Å². The SMILES string of the molecule is O=C(O)c1ccnc(NC2Cc3ccccc3C2)n1. The zero-order chi connectivity index (χ0) is 13.2. The molecule has 0 spiro atoms. The van der Waals surface area contributed by atoms with Gasteiger partial charge in [-0.05, 0) is 30.0 Å². The van der Waals surface area contributed by atoms with Crippen molar-refractivity contribution >= 4 is 11.9 Å². The molecule has 0 saturated heterocycles. The molecule has 1 heterocycles. The predicted molar refractivity (Wildman–Crippen MR) is 70.3 cm³/mol. The normalized spacial score (nSPS) is 14.1. The molecule has 0 aliphatic heterocycles. The van der Waals surface area contributed by atoms with Gasteiger partial charge in [-0.2, -0.15) is 0 Å². The first-order valence-electron chi connectivity index (χ1n) is 6.12. The van der Waals surface area contributed by atoms with Crippen molar-refractivity contribution in [3.8, 4) is 0 Å². The Balaban J connectivity index is 1.74. The van der Waals surface area contributed by atoms with Crippen LogP contribution in [0.1, 0.15) is 21.6 Å². The van der Waals surface area contributed by atoms with Gasteiger partial charge < -0.3 is 10.4 Å². The molecule has 0 atom stereocenters. The largest absolute Gasteiger partial charge is 0.477 e. The summed E-state index contributed by atoms with van der Waals surface area (Å²) in [6.45, 7) is 0. The van der Waals surface area contributed by atoms with Crippen molar-refractivity contribution in [1.29, 1.82) is 0 Å². The van der Waals surface area contributed by atoms with Crippen LogP contribution in [0.15, 0.2) is 36.5 Å². The van der Waals surface area contributed by atoms with E-state index in [9.17, 15) is 4.79 Å². The minimum Gasteiger partial charge on any atom is -0.477 e. The third-order valence-electron chi connectivity index (χ3n) is 3.26. The molecule has 0 radical (unpaired) electrons. The highest BCUT2D eigenvalue weighted by Crippen LogP contribution is 2.23. The summed E-state index contributed by atoms with van der Waals surface area (Å²) < 4.78 is 0. The van der Waals surface area contributed by atoms with Gasteiger partial charge in [0.2, 0.25) is 5.95 Å². The number of hydrogen-bond donors (Lipinski definition) is 2. The summed E-state index contributed by atoms with van der Waals surface area (Å²) in [6.07, 6.45) is 3.29. The Morgan fingerprint density at radius 1 is 1.21 bits per heavy atom. The molecule has 1 aromatic carbocycles. The number of aromatic nitrogens is 2. The molecule has 19 heavy (non-hydrogen) atoms. The summed E-state index contributed by atoms with van der Waals surface area (Å²) in [5.74, 6) is -0.669. The van der Waals surface area contributed by atoms with Gasteiger partial charge in [0.05, 0.1) is 0 Å². The second-order valence-corrected chi connectivity index (χ2v) is 4.59. The monoisotopic (exact) mass is 255 g/mol. The van der Waals surface area contributed by atoms with Gasteiger partial charge >= 0.3 is 5.97 Å². The van der Waals surface area contributed by atoms with E-state index in [0.717, 1.165) is 12.8 Å². The van der Waals surface area contributed by atoms with Crippen LogP contribution in [0, 0.1) is 0 Å². The number of fused-ring (bicyclic) bond motifs is 1. The lowest BCUT2D eigenvalue weighted by Crippen LogP contribution is -2.21. The molecule has 0 unspecified atom stereocenters. The summed E-state index contributed by atoms with van der Waals surface area (Å²) in [5.41, 5.74) is 2.66. The van der Waals surface area contributed by atoms with Gasteiger partial charge in [-0.25, -0.2) is 14.8 Å². The third-order valence-corrected chi connectivity index (χ3v) is 3.26. The van der Waals surface area contributed by atoms with Crippen molar-refractivity contribution < 1.29 is 9.90 Å². The molecule has 0 bridgehead atoms. The van der Waals surface area contributed by atoms with Crippen molar-refractivity contribution in [2.24, 2.45) is 0 Å². The average molecular weight is 255 g/mol. The topological polar surface area (TPSA) is 75.1 Å². The van der Waals surface area contributed by atoms with Gasteiger partial charge in [0.25, 0.3) is 0 Å². The van der Waals surface area contributed by atoms with Crippen LogP contribution in [-0.2, 0) is 12.8 Å². The molecule has 1 aliphatic carbocycles. The van der Waals surface area contributed by atoms with E-state index >= 15 is 0 Å². The van der Waals surface area contributed by atoms with Crippen molar-refractivity contribution in [3.63, 3.8) is 0 Å². The summed E-state index contributed by atoms with van der Waals surface area (Å²) in [7, 11) is 0. The summed E-state index contributed by atoms with van der Waals surface area (Å²) in [6, 6.07) is 9.90. The molecule has 96 valence electrons. The number of rotatable bonds is 3. The number of carboxylic acids is 1. The van der Waals surface area contributed by atoms with Crippen LogP contribution in [-0.4, -0.2) is 27.1 Å². The van der Waals surface area contributed by atoms with E-state index in [1.807, 2.05) is 12.1 Å². The molecule has 2 aromatic rings. The molecule has 3 rings (SSSR count). The Morgan fingerprint density at radius 3 is 2.53 bits per heavy atom. The number of anilines is 1. The Labute approximate surface area is 110 Å². The molecule has 0 saturated carbocycles. The highest BCUT2D eigenvalue weighted by molar-refractivity contribution is 5.85. The highest BCUT2D eigenvalue weighted by atomic mass is 16.4. The van der Waals surface area contributed by atoms with Gasteiger partial charge in [0, 0.05) is 12.2 Å². The number of aromatic carboxylic acids is 1. The molecular formula is C14H13N3O2. The fraction of sp³-hybridized carbons (Fsp3) is 0.214. The Hall–Kier alpha value is -2.43. The average Bonchev–Trinajstić information content (AvgIpc) is 2.81. The Bertz CT molecular complexity index is 603. The van der Waals surface area contributed by atoms with Gasteiger partial charge in [0.15, 0.2) is 5.69 Å². The van der Waals surface area contributed by atoms with E-state index in [2.05, 4.69) is 27.4 Å². The van der Waals surface area contributed by atoms with Crippen LogP contribution >= 0.6 is 0 Å². The summed E-state index contributed by atoms with van der Waals surface area (Å²) >= 11 is 0. The van der Waals surface area contributed by atoms with E-state index in [0.29, 0.717) is 5.95 Å². The van der Waals surface area contributed by atoms with E-state index in [1.165, 1.54) is 23.4 Å². The Morgan fingerprint density at radius 2 is 1.89 bits per heavy atom. The molecule has 1 aromatic heterocycles. The molecule has 1 aliphatic rings. The van der Waals surface area contributed by atoms with E-state index in [-0.39, 0.29) is 11.7 Å². The second kappa shape index (κ2) is 4.68. The van der Waals surface area contributed by atoms with Crippen molar-refractivity contribution in [2.75, 3.05) is 5.32 Å². The summed E-state index contributed by atoms with van der Waals surface area (Å²) in [5, 5.41) is 12.1. The Kier molecular flexibility index (Phi) is 2.87. The third kappa shape index (κ3) is 2.40. The maximum absolute atomic E-state index is 10.9.